The van der Waals surface area contributed by atoms with Crippen molar-refractivity contribution >= 4 is 5.97 Å². The number of benzene rings is 1. The Kier molecular flexibility index (Phi) is 5.29. The molecule has 0 spiro atoms. The van der Waals surface area contributed by atoms with Crippen molar-refractivity contribution in [3.8, 4) is 11.5 Å². The van der Waals surface area contributed by atoms with Crippen LogP contribution in [0.5, 0.6) is 11.5 Å². The van der Waals surface area contributed by atoms with Gasteiger partial charge in [0.25, 0.3) is 0 Å². The van der Waals surface area contributed by atoms with Crippen molar-refractivity contribution < 1.29 is 24.0 Å². The maximum atomic E-state index is 11.6. The van der Waals surface area contributed by atoms with Crippen molar-refractivity contribution in [2.75, 3.05) is 20.8 Å². The highest BCUT2D eigenvalue weighted by molar-refractivity contribution is 5.92. The van der Waals surface area contributed by atoms with Crippen LogP contribution in [0.4, 0.5) is 0 Å². The van der Waals surface area contributed by atoms with Crippen LogP contribution < -0.4 is 9.47 Å². The Morgan fingerprint density at radius 1 is 1.29 bits per heavy atom. The van der Waals surface area contributed by atoms with E-state index in [-0.39, 0.29) is 12.2 Å². The first-order chi connectivity index (χ1) is 8.22. The molecule has 1 radical (unpaired) electrons. The second-order valence-corrected chi connectivity index (χ2v) is 3.11. The molecule has 0 fully saturated rings. The molecule has 1 aromatic carbocycles. The van der Waals surface area contributed by atoms with Crippen LogP contribution in [-0.4, -0.2) is 26.8 Å². The predicted molar refractivity (Wildman–Crippen MR) is 60.9 cm³/mol. The standard InChI is InChI=1S/C12H15O5/c1-4-7-16-17-12(13)10-6-5-9(14-2)8-11(10)15-3/h5-6,8H,1,4,7H2,2-3H3. The van der Waals surface area contributed by atoms with Gasteiger partial charge in [-0.2, -0.15) is 4.89 Å². The van der Waals surface area contributed by atoms with Gasteiger partial charge >= 0.3 is 5.97 Å². The number of methoxy groups -OCH3 is 2. The first kappa shape index (κ1) is 13.3. The minimum atomic E-state index is -0.613. The molecule has 0 aromatic heterocycles. The Bertz CT molecular complexity index is 375. The van der Waals surface area contributed by atoms with Gasteiger partial charge in [-0.25, -0.2) is 4.79 Å². The van der Waals surface area contributed by atoms with E-state index in [1.807, 2.05) is 0 Å². The molecular formula is C12H15O5. The summed E-state index contributed by atoms with van der Waals surface area (Å²) in [5.74, 6) is 0.350. The Labute approximate surface area is 100 Å². The first-order valence-electron chi connectivity index (χ1n) is 5.08. The van der Waals surface area contributed by atoms with Crippen LogP contribution in [0.3, 0.4) is 0 Å². The van der Waals surface area contributed by atoms with Crippen LogP contribution in [0.2, 0.25) is 0 Å². The number of rotatable bonds is 6. The van der Waals surface area contributed by atoms with E-state index in [9.17, 15) is 4.79 Å². The Hall–Kier alpha value is -1.75. The second-order valence-electron chi connectivity index (χ2n) is 3.11. The van der Waals surface area contributed by atoms with Crippen molar-refractivity contribution in [3.63, 3.8) is 0 Å². The Morgan fingerprint density at radius 3 is 2.65 bits per heavy atom. The highest BCUT2D eigenvalue weighted by Gasteiger charge is 2.15. The number of hydrogen-bond donors (Lipinski definition) is 0. The molecule has 0 aliphatic carbocycles. The molecule has 0 heterocycles. The lowest BCUT2D eigenvalue weighted by Crippen LogP contribution is -2.08. The third-order valence-corrected chi connectivity index (χ3v) is 1.99. The van der Waals surface area contributed by atoms with E-state index in [1.54, 1.807) is 18.2 Å². The van der Waals surface area contributed by atoms with Crippen LogP contribution in [0.15, 0.2) is 18.2 Å². The summed E-state index contributed by atoms with van der Waals surface area (Å²) in [6, 6.07) is 4.78. The van der Waals surface area contributed by atoms with E-state index in [2.05, 4.69) is 16.7 Å². The molecule has 0 bridgehead atoms. The minimum absolute atomic E-state index is 0.254. The summed E-state index contributed by atoms with van der Waals surface area (Å²) < 4.78 is 10.1. The van der Waals surface area contributed by atoms with Crippen molar-refractivity contribution in [1.82, 2.24) is 0 Å². The van der Waals surface area contributed by atoms with Gasteiger partial charge in [0.05, 0.1) is 20.8 Å². The van der Waals surface area contributed by atoms with E-state index < -0.39 is 5.97 Å². The van der Waals surface area contributed by atoms with E-state index in [0.717, 1.165) is 0 Å². The van der Waals surface area contributed by atoms with Crippen LogP contribution >= 0.6 is 0 Å². The summed E-state index contributed by atoms with van der Waals surface area (Å²) in [5, 5.41) is 0. The van der Waals surface area contributed by atoms with Crippen molar-refractivity contribution in [2.24, 2.45) is 0 Å². The molecule has 0 saturated heterocycles. The van der Waals surface area contributed by atoms with E-state index in [1.165, 1.54) is 14.2 Å². The molecule has 5 nitrogen and oxygen atoms in total. The number of hydrogen-bond acceptors (Lipinski definition) is 5. The lowest BCUT2D eigenvalue weighted by atomic mass is 10.2. The topological polar surface area (TPSA) is 54.0 Å². The van der Waals surface area contributed by atoms with Gasteiger partial charge in [-0.05, 0) is 18.6 Å². The van der Waals surface area contributed by atoms with Gasteiger partial charge in [0, 0.05) is 6.07 Å². The van der Waals surface area contributed by atoms with Gasteiger partial charge in [0.15, 0.2) is 0 Å². The Morgan fingerprint density at radius 2 is 2.06 bits per heavy atom. The predicted octanol–water partition coefficient (Wildman–Crippen LogP) is 2.02. The highest BCUT2D eigenvalue weighted by Crippen LogP contribution is 2.25. The molecule has 0 unspecified atom stereocenters. The van der Waals surface area contributed by atoms with Crippen LogP contribution in [0.1, 0.15) is 16.8 Å². The summed E-state index contributed by atoms with van der Waals surface area (Å²) in [4.78, 5) is 20.9. The third kappa shape index (κ3) is 3.64. The Balaban J connectivity index is 2.78. The third-order valence-electron chi connectivity index (χ3n) is 1.99. The second kappa shape index (κ2) is 6.75. The van der Waals surface area contributed by atoms with E-state index in [0.29, 0.717) is 17.9 Å². The van der Waals surface area contributed by atoms with Crippen LogP contribution in [0.25, 0.3) is 0 Å². The largest absolute Gasteiger partial charge is 0.497 e. The van der Waals surface area contributed by atoms with Gasteiger partial charge in [0.2, 0.25) is 0 Å². The summed E-state index contributed by atoms with van der Waals surface area (Å²) in [6.45, 7) is 3.81. The highest BCUT2D eigenvalue weighted by atomic mass is 17.2. The maximum Gasteiger partial charge on any atom is 0.376 e. The zero-order valence-corrected chi connectivity index (χ0v) is 9.89. The minimum Gasteiger partial charge on any atom is -0.497 e. The van der Waals surface area contributed by atoms with Gasteiger partial charge < -0.3 is 9.47 Å². The van der Waals surface area contributed by atoms with Crippen LogP contribution in [0, 0.1) is 6.92 Å². The monoisotopic (exact) mass is 239 g/mol. The quantitative estimate of drug-likeness (QED) is 0.432. The molecule has 1 aromatic rings. The molecule has 17 heavy (non-hydrogen) atoms. The molecule has 1 rings (SSSR count). The van der Waals surface area contributed by atoms with Crippen molar-refractivity contribution in [3.05, 3.63) is 30.7 Å². The average molecular weight is 239 g/mol. The number of carbonyl (C=O) groups is 1. The number of carbonyl (C=O) groups excluding carboxylic acids is 1. The normalized spacial score (nSPS) is 9.82. The molecule has 0 amide bonds. The van der Waals surface area contributed by atoms with Gasteiger partial charge in [-0.15, -0.1) is 0 Å². The fourth-order valence-electron chi connectivity index (χ4n) is 1.17. The molecule has 0 aliphatic rings. The van der Waals surface area contributed by atoms with Crippen molar-refractivity contribution in [2.45, 2.75) is 6.42 Å². The number of ether oxygens (including phenoxy) is 2. The lowest BCUT2D eigenvalue weighted by molar-refractivity contribution is -0.239. The molecule has 93 valence electrons. The maximum absolute atomic E-state index is 11.6. The molecule has 0 saturated carbocycles. The van der Waals surface area contributed by atoms with Crippen molar-refractivity contribution in [1.29, 1.82) is 0 Å². The fourth-order valence-corrected chi connectivity index (χ4v) is 1.17. The molecule has 0 N–H and O–H groups in total. The van der Waals surface area contributed by atoms with Gasteiger partial charge in [-0.1, -0.05) is 6.92 Å². The van der Waals surface area contributed by atoms with E-state index >= 15 is 0 Å². The fraction of sp³-hybridized carbons (Fsp3) is 0.333. The summed E-state index contributed by atoms with van der Waals surface area (Å²) >= 11 is 0. The SMILES string of the molecule is [CH2]CCOOC(=O)c1ccc(OC)cc1OC. The van der Waals surface area contributed by atoms with E-state index in [4.69, 9.17) is 9.47 Å². The molecule has 0 aliphatic heterocycles. The zero-order valence-electron chi connectivity index (χ0n) is 9.89. The smallest absolute Gasteiger partial charge is 0.376 e. The van der Waals surface area contributed by atoms with Crippen LogP contribution in [-0.2, 0) is 9.78 Å². The molecule has 0 atom stereocenters. The summed E-state index contributed by atoms with van der Waals surface area (Å²) in [7, 11) is 2.99. The molecular weight excluding hydrogens is 224 g/mol. The average Bonchev–Trinajstić information content (AvgIpc) is 2.38. The first-order valence-corrected chi connectivity index (χ1v) is 5.08. The summed E-state index contributed by atoms with van der Waals surface area (Å²) in [5.41, 5.74) is 0.275. The zero-order chi connectivity index (χ0) is 12.7. The molecule has 5 heteroatoms. The van der Waals surface area contributed by atoms with Gasteiger partial charge in [0.1, 0.15) is 17.1 Å². The summed E-state index contributed by atoms with van der Waals surface area (Å²) in [6.07, 6.45) is 0.521. The van der Waals surface area contributed by atoms with Gasteiger partial charge in [-0.3, -0.25) is 4.89 Å². The lowest BCUT2D eigenvalue weighted by Gasteiger charge is -2.09.